The predicted octanol–water partition coefficient (Wildman–Crippen LogP) is 2.95. The van der Waals surface area contributed by atoms with Gasteiger partial charge in [-0.3, -0.25) is 10.1 Å². The molecule has 0 radical (unpaired) electrons. The molecule has 27 heavy (non-hydrogen) atoms. The van der Waals surface area contributed by atoms with E-state index in [-0.39, 0.29) is 26.7 Å². The third-order valence-electron chi connectivity index (χ3n) is 4.40. The van der Waals surface area contributed by atoms with Gasteiger partial charge in [0, 0.05) is 17.5 Å². The summed E-state index contributed by atoms with van der Waals surface area (Å²) >= 11 is 0. The van der Waals surface area contributed by atoms with Crippen LogP contribution in [0.2, 0.25) is 0 Å². The largest absolute Gasteiger partial charge is 0.278 e. The third-order valence-corrected chi connectivity index (χ3v) is 8.76. The van der Waals surface area contributed by atoms with Crippen molar-refractivity contribution in [3.05, 3.63) is 70.3 Å². The summed E-state index contributed by atoms with van der Waals surface area (Å²) in [4.78, 5) is 9.86. The average Bonchev–Trinajstić information content (AvgIpc) is 2.84. The molecule has 0 aromatic heterocycles. The SMILES string of the molecule is Cc1cc([N+](=O)[O-])ccc1S(=O)(=O)N1c2cccc3cccc(c23)S1(=O)=O. The molecule has 0 atom stereocenters. The molecule has 0 saturated carbocycles. The summed E-state index contributed by atoms with van der Waals surface area (Å²) in [5.74, 6) is 0. The first-order valence-corrected chi connectivity index (χ1v) is 10.6. The molecule has 1 heterocycles. The van der Waals surface area contributed by atoms with Crippen molar-refractivity contribution in [2.24, 2.45) is 0 Å². The molecule has 8 nitrogen and oxygen atoms in total. The number of rotatable bonds is 3. The number of nitro groups is 1. The minimum absolute atomic E-state index is 0.0425. The first kappa shape index (κ1) is 17.4. The van der Waals surface area contributed by atoms with Gasteiger partial charge in [0.2, 0.25) is 0 Å². The van der Waals surface area contributed by atoms with Crippen molar-refractivity contribution >= 4 is 42.2 Å². The molecule has 10 heteroatoms. The van der Waals surface area contributed by atoms with Gasteiger partial charge in [-0.2, -0.15) is 20.5 Å². The molecule has 0 saturated heterocycles. The maximum Gasteiger partial charge on any atom is 0.278 e. The van der Waals surface area contributed by atoms with Crippen molar-refractivity contribution < 1.29 is 21.8 Å². The van der Waals surface area contributed by atoms with Crippen molar-refractivity contribution in [2.45, 2.75) is 16.7 Å². The van der Waals surface area contributed by atoms with Gasteiger partial charge in [0.1, 0.15) is 0 Å². The van der Waals surface area contributed by atoms with E-state index >= 15 is 0 Å². The van der Waals surface area contributed by atoms with Crippen molar-refractivity contribution in [3.63, 3.8) is 0 Å². The summed E-state index contributed by atoms with van der Waals surface area (Å²) in [6.07, 6.45) is 0. The van der Waals surface area contributed by atoms with E-state index in [0.717, 1.165) is 18.2 Å². The van der Waals surface area contributed by atoms with Crippen LogP contribution in [-0.2, 0) is 20.0 Å². The fraction of sp³-hybridized carbons (Fsp3) is 0.0588. The summed E-state index contributed by atoms with van der Waals surface area (Å²) in [6.45, 7) is 1.39. The Balaban J connectivity index is 1.99. The van der Waals surface area contributed by atoms with Crippen LogP contribution in [0.25, 0.3) is 10.8 Å². The summed E-state index contributed by atoms with van der Waals surface area (Å²) in [5.41, 5.74) is -0.149. The second kappa shape index (κ2) is 5.51. The Bertz CT molecular complexity index is 1340. The van der Waals surface area contributed by atoms with Crippen LogP contribution < -0.4 is 3.71 Å². The first-order valence-electron chi connectivity index (χ1n) is 7.73. The number of hydrogen-bond donors (Lipinski definition) is 0. The highest BCUT2D eigenvalue weighted by atomic mass is 32.3. The zero-order chi connectivity index (χ0) is 19.6. The van der Waals surface area contributed by atoms with E-state index in [1.165, 1.54) is 19.1 Å². The molecule has 3 aromatic rings. The quantitative estimate of drug-likeness (QED) is 0.490. The molecule has 1 aliphatic heterocycles. The molecule has 0 aliphatic carbocycles. The molecule has 0 spiro atoms. The lowest BCUT2D eigenvalue weighted by atomic mass is 10.1. The molecule has 3 aromatic carbocycles. The van der Waals surface area contributed by atoms with Gasteiger partial charge in [-0.05, 0) is 36.1 Å². The van der Waals surface area contributed by atoms with Crippen LogP contribution in [0.1, 0.15) is 5.56 Å². The maximum atomic E-state index is 13.2. The molecule has 0 fully saturated rings. The zero-order valence-corrected chi connectivity index (χ0v) is 15.5. The fourth-order valence-corrected chi connectivity index (χ4v) is 7.39. The minimum atomic E-state index is -4.51. The molecule has 4 rings (SSSR count). The zero-order valence-electron chi connectivity index (χ0n) is 13.9. The summed E-state index contributed by atoms with van der Waals surface area (Å²) in [5, 5.41) is 11.8. The van der Waals surface area contributed by atoms with E-state index < -0.39 is 25.0 Å². The molecule has 0 N–H and O–H groups in total. The van der Waals surface area contributed by atoms with Gasteiger partial charge in [0.15, 0.2) is 0 Å². The topological polar surface area (TPSA) is 115 Å². The fourth-order valence-electron chi connectivity index (χ4n) is 3.26. The number of aryl methyl sites for hydroxylation is 1. The van der Waals surface area contributed by atoms with Crippen molar-refractivity contribution in [3.8, 4) is 0 Å². The normalized spacial score (nSPS) is 15.2. The highest BCUT2D eigenvalue weighted by molar-refractivity contribution is 8.10. The lowest BCUT2D eigenvalue weighted by Gasteiger charge is -2.19. The molecule has 138 valence electrons. The monoisotopic (exact) mass is 404 g/mol. The van der Waals surface area contributed by atoms with Gasteiger partial charge in [-0.1, -0.05) is 24.3 Å². The Morgan fingerprint density at radius 1 is 1.04 bits per heavy atom. The molecular weight excluding hydrogens is 392 g/mol. The van der Waals surface area contributed by atoms with Crippen LogP contribution in [-0.4, -0.2) is 21.8 Å². The smallest absolute Gasteiger partial charge is 0.258 e. The lowest BCUT2D eigenvalue weighted by molar-refractivity contribution is -0.385. The Morgan fingerprint density at radius 3 is 2.33 bits per heavy atom. The number of nitrogens with zero attached hydrogens (tertiary/aromatic N) is 2. The number of benzene rings is 3. The van der Waals surface area contributed by atoms with Gasteiger partial charge in [0.05, 0.1) is 20.4 Å². The number of hydrogen-bond acceptors (Lipinski definition) is 6. The first-order chi connectivity index (χ1) is 12.7. The number of anilines is 1. The van der Waals surface area contributed by atoms with Crippen LogP contribution >= 0.6 is 0 Å². The van der Waals surface area contributed by atoms with Crippen LogP contribution in [0.4, 0.5) is 11.4 Å². The number of non-ortho nitro benzene ring substituents is 1. The Kier molecular flexibility index (Phi) is 3.56. The van der Waals surface area contributed by atoms with Crippen LogP contribution in [0.3, 0.4) is 0 Å². The summed E-state index contributed by atoms with van der Waals surface area (Å²) in [7, 11) is -8.85. The van der Waals surface area contributed by atoms with Gasteiger partial charge in [0.25, 0.3) is 25.7 Å². The van der Waals surface area contributed by atoms with Crippen molar-refractivity contribution in [1.82, 2.24) is 0 Å². The third kappa shape index (κ3) is 2.33. The van der Waals surface area contributed by atoms with Gasteiger partial charge in [-0.15, -0.1) is 0 Å². The van der Waals surface area contributed by atoms with Gasteiger partial charge >= 0.3 is 0 Å². The molecular formula is C17H12N2O6S2. The van der Waals surface area contributed by atoms with Crippen molar-refractivity contribution in [1.29, 1.82) is 0 Å². The summed E-state index contributed by atoms with van der Waals surface area (Å²) < 4.78 is 52.9. The second-order valence-corrected chi connectivity index (χ2v) is 9.79. The predicted molar refractivity (Wildman–Crippen MR) is 98.6 cm³/mol. The number of sulfonamides is 2. The van der Waals surface area contributed by atoms with Crippen LogP contribution in [0.5, 0.6) is 0 Å². The second-order valence-electron chi connectivity index (χ2n) is 6.05. The maximum absolute atomic E-state index is 13.2. The highest BCUT2D eigenvalue weighted by Crippen LogP contribution is 2.45. The van der Waals surface area contributed by atoms with Gasteiger partial charge < -0.3 is 0 Å². The van der Waals surface area contributed by atoms with E-state index in [0.29, 0.717) is 14.5 Å². The molecule has 0 bridgehead atoms. The lowest BCUT2D eigenvalue weighted by Crippen LogP contribution is -2.34. The molecule has 0 unspecified atom stereocenters. The van der Waals surface area contributed by atoms with Gasteiger partial charge in [-0.25, -0.2) is 0 Å². The van der Waals surface area contributed by atoms with E-state index in [2.05, 4.69) is 0 Å². The van der Waals surface area contributed by atoms with Crippen molar-refractivity contribution in [2.75, 3.05) is 3.71 Å². The van der Waals surface area contributed by atoms with Crippen LogP contribution in [0, 0.1) is 17.0 Å². The molecule has 0 amide bonds. The van der Waals surface area contributed by atoms with E-state index in [4.69, 9.17) is 0 Å². The highest BCUT2D eigenvalue weighted by Gasteiger charge is 2.44. The molecule has 1 aliphatic rings. The standard InChI is InChI=1S/C17H12N2O6S2/c1-11-10-13(18(20)21)8-9-15(11)26(22,23)19-14-6-2-4-12-5-3-7-16(17(12)14)27(19,24)25/h2-10H,1H3. The Hall–Kier alpha value is -2.98. The number of nitro benzene ring substituents is 1. The van der Waals surface area contributed by atoms with E-state index in [1.807, 2.05) is 0 Å². The summed E-state index contributed by atoms with van der Waals surface area (Å²) in [6, 6.07) is 12.5. The van der Waals surface area contributed by atoms with E-state index in [9.17, 15) is 26.9 Å². The van der Waals surface area contributed by atoms with E-state index in [1.54, 1.807) is 24.3 Å². The van der Waals surface area contributed by atoms with Crippen LogP contribution in [0.15, 0.2) is 64.4 Å². The minimum Gasteiger partial charge on any atom is -0.258 e. The average molecular weight is 404 g/mol. The Morgan fingerprint density at radius 2 is 1.70 bits per heavy atom. The Labute approximate surface area is 154 Å².